The zero-order valence-electron chi connectivity index (χ0n) is 18.9. The number of rotatable bonds is 4. The molecule has 2 aromatic heterocycles. The number of sulfonamides is 1. The van der Waals surface area contributed by atoms with Gasteiger partial charge in [-0.05, 0) is 25.8 Å². The minimum Gasteiger partial charge on any atom is -0.377 e. The largest absolute Gasteiger partial charge is 0.377 e. The van der Waals surface area contributed by atoms with Crippen LogP contribution in [0.5, 0.6) is 0 Å². The van der Waals surface area contributed by atoms with Gasteiger partial charge < -0.3 is 9.64 Å². The Morgan fingerprint density at radius 3 is 2.64 bits per heavy atom. The van der Waals surface area contributed by atoms with E-state index in [9.17, 15) is 8.42 Å². The third-order valence-electron chi connectivity index (χ3n) is 6.68. The highest BCUT2D eigenvalue weighted by atomic mass is 35.5. The zero-order chi connectivity index (χ0) is 23.2. The van der Waals surface area contributed by atoms with Gasteiger partial charge in [-0.25, -0.2) is 27.7 Å². The third-order valence-corrected chi connectivity index (χ3v) is 8.18. The fraction of sp³-hybridized carbons (Fsp3) is 0.522. The van der Waals surface area contributed by atoms with Crippen molar-refractivity contribution in [2.45, 2.75) is 38.1 Å². The molecule has 2 aliphatic heterocycles. The lowest BCUT2D eigenvalue weighted by Crippen LogP contribution is -2.44. The Labute approximate surface area is 199 Å². The fourth-order valence-corrected chi connectivity index (χ4v) is 5.95. The first-order valence-electron chi connectivity index (χ1n) is 11.3. The van der Waals surface area contributed by atoms with Crippen LogP contribution in [0.3, 0.4) is 0 Å². The van der Waals surface area contributed by atoms with Crippen molar-refractivity contribution in [3.63, 3.8) is 0 Å². The van der Waals surface area contributed by atoms with Crippen molar-refractivity contribution < 1.29 is 13.2 Å². The molecule has 0 bridgehead atoms. The first kappa shape index (κ1) is 22.7. The topological polar surface area (TPSA) is 88.5 Å². The molecule has 2 saturated heterocycles. The van der Waals surface area contributed by atoms with Crippen LogP contribution in [0.4, 0.5) is 5.82 Å². The summed E-state index contributed by atoms with van der Waals surface area (Å²) in [5.41, 5.74) is 3.79. The Hall–Kier alpha value is -2.07. The van der Waals surface area contributed by atoms with E-state index < -0.39 is 10.0 Å². The molecule has 0 amide bonds. The van der Waals surface area contributed by atoms with Gasteiger partial charge in [0, 0.05) is 54.9 Å². The smallest absolute Gasteiger partial charge is 0.211 e. The van der Waals surface area contributed by atoms with Gasteiger partial charge in [0.15, 0.2) is 5.82 Å². The number of halogens is 1. The second-order valence-corrected chi connectivity index (χ2v) is 11.4. The highest BCUT2D eigenvalue weighted by Crippen LogP contribution is 2.35. The maximum Gasteiger partial charge on any atom is 0.211 e. The van der Waals surface area contributed by atoms with Crippen LogP contribution >= 0.6 is 11.6 Å². The molecule has 33 heavy (non-hydrogen) atoms. The lowest BCUT2D eigenvalue weighted by Gasteiger charge is -2.35. The van der Waals surface area contributed by atoms with Crippen LogP contribution in [0.1, 0.15) is 42.6 Å². The first-order valence-corrected chi connectivity index (χ1v) is 13.6. The second kappa shape index (κ2) is 8.94. The van der Waals surface area contributed by atoms with E-state index in [1.54, 1.807) is 4.31 Å². The average Bonchev–Trinajstić information content (AvgIpc) is 3.26. The summed E-state index contributed by atoms with van der Waals surface area (Å²) in [5, 5.41) is 0.434. The second-order valence-electron chi connectivity index (χ2n) is 8.99. The number of ether oxygens (including phenoxy) is 1. The van der Waals surface area contributed by atoms with Crippen LogP contribution in [0.2, 0.25) is 5.15 Å². The van der Waals surface area contributed by atoms with E-state index in [4.69, 9.17) is 26.3 Å². The molecule has 0 saturated carbocycles. The van der Waals surface area contributed by atoms with Crippen molar-refractivity contribution in [2.24, 2.45) is 0 Å². The minimum absolute atomic E-state index is 0.167. The predicted octanol–water partition coefficient (Wildman–Crippen LogP) is 3.13. The molecule has 3 aliphatic rings. The van der Waals surface area contributed by atoms with E-state index in [1.165, 1.54) is 6.26 Å². The molecule has 1 aliphatic carbocycles. The molecule has 0 aromatic carbocycles. The SMILES string of the molecule is C[C@@H]1COCCN1c1cc(C2CCN(S(C)(=O)=O)CC2)nc(-c2cc(Cl)nc3c2C=CC3)n1. The molecule has 2 aromatic rings. The number of nitrogens with zero attached hydrogens (tertiary/aromatic N) is 5. The number of morpholine rings is 1. The Balaban J connectivity index is 1.56. The zero-order valence-corrected chi connectivity index (χ0v) is 20.4. The summed E-state index contributed by atoms with van der Waals surface area (Å²) in [5.74, 6) is 1.68. The third kappa shape index (κ3) is 4.64. The molecule has 0 radical (unpaired) electrons. The van der Waals surface area contributed by atoms with E-state index in [-0.39, 0.29) is 12.0 Å². The van der Waals surface area contributed by atoms with E-state index in [2.05, 4.69) is 35.0 Å². The van der Waals surface area contributed by atoms with Gasteiger partial charge >= 0.3 is 0 Å². The van der Waals surface area contributed by atoms with Crippen LogP contribution in [0.25, 0.3) is 17.5 Å². The van der Waals surface area contributed by atoms with Crippen molar-refractivity contribution in [1.82, 2.24) is 19.3 Å². The summed E-state index contributed by atoms with van der Waals surface area (Å²) >= 11 is 6.35. The van der Waals surface area contributed by atoms with Gasteiger partial charge in [-0.15, -0.1) is 0 Å². The van der Waals surface area contributed by atoms with Crippen molar-refractivity contribution in [1.29, 1.82) is 0 Å². The normalized spacial score (nSPS) is 22.0. The van der Waals surface area contributed by atoms with Crippen LogP contribution in [0, 0.1) is 0 Å². The van der Waals surface area contributed by atoms with Crippen LogP contribution in [-0.4, -0.2) is 72.8 Å². The van der Waals surface area contributed by atoms with Crippen LogP contribution in [-0.2, 0) is 21.2 Å². The van der Waals surface area contributed by atoms with Crippen molar-refractivity contribution in [3.8, 4) is 11.4 Å². The number of piperidine rings is 1. The van der Waals surface area contributed by atoms with E-state index in [0.717, 1.165) is 54.1 Å². The molecular formula is C23H28ClN5O3S. The van der Waals surface area contributed by atoms with Crippen LogP contribution in [0.15, 0.2) is 18.2 Å². The number of hydrogen-bond acceptors (Lipinski definition) is 7. The van der Waals surface area contributed by atoms with Crippen molar-refractivity contribution >= 4 is 33.5 Å². The summed E-state index contributed by atoms with van der Waals surface area (Å²) in [6.45, 7) is 5.22. The van der Waals surface area contributed by atoms with Gasteiger partial charge in [0.2, 0.25) is 10.0 Å². The molecule has 1 atom stereocenters. The van der Waals surface area contributed by atoms with Gasteiger partial charge in [-0.2, -0.15) is 0 Å². The lowest BCUT2D eigenvalue weighted by atomic mass is 9.94. The predicted molar refractivity (Wildman–Crippen MR) is 129 cm³/mol. The number of fused-ring (bicyclic) bond motifs is 1. The summed E-state index contributed by atoms with van der Waals surface area (Å²) in [6, 6.07) is 4.12. The Morgan fingerprint density at radius 1 is 1.12 bits per heavy atom. The first-order chi connectivity index (χ1) is 15.8. The van der Waals surface area contributed by atoms with Crippen molar-refractivity contribution in [3.05, 3.63) is 40.3 Å². The lowest BCUT2D eigenvalue weighted by molar-refractivity contribution is 0.0985. The van der Waals surface area contributed by atoms with Crippen molar-refractivity contribution in [2.75, 3.05) is 44.0 Å². The highest BCUT2D eigenvalue weighted by Gasteiger charge is 2.29. The Bertz CT molecular complexity index is 1190. The van der Waals surface area contributed by atoms with Gasteiger partial charge in [-0.3, -0.25) is 0 Å². The minimum atomic E-state index is -3.18. The number of hydrogen-bond donors (Lipinski definition) is 0. The molecule has 8 nitrogen and oxygen atoms in total. The molecule has 4 heterocycles. The summed E-state index contributed by atoms with van der Waals surface area (Å²) in [7, 11) is -3.18. The molecular weight excluding hydrogens is 462 g/mol. The molecule has 2 fully saturated rings. The van der Waals surface area contributed by atoms with Gasteiger partial charge in [0.25, 0.3) is 0 Å². The van der Waals surface area contributed by atoms with Gasteiger partial charge in [0.05, 0.1) is 31.2 Å². The monoisotopic (exact) mass is 489 g/mol. The maximum absolute atomic E-state index is 12.0. The maximum atomic E-state index is 12.0. The van der Waals surface area contributed by atoms with E-state index in [0.29, 0.717) is 37.3 Å². The standard InChI is InChI=1S/C23H28ClN5O3S/c1-15-14-32-11-10-29(15)22-13-20(16-6-8-28(9-7-16)33(2,30)31)26-23(27-22)18-12-21(24)25-19-5-3-4-17(18)19/h3-4,12-13,15-16H,5-11,14H2,1-2H3/t15-/m1/s1. The van der Waals surface area contributed by atoms with Crippen LogP contribution < -0.4 is 4.90 Å². The van der Waals surface area contributed by atoms with Gasteiger partial charge in [-0.1, -0.05) is 23.8 Å². The molecule has 0 N–H and O–H groups in total. The van der Waals surface area contributed by atoms with E-state index in [1.807, 2.05) is 6.07 Å². The number of anilines is 1. The molecule has 10 heteroatoms. The Morgan fingerprint density at radius 2 is 1.91 bits per heavy atom. The Kier molecular flexibility index (Phi) is 6.15. The number of allylic oxidation sites excluding steroid dienone is 1. The summed E-state index contributed by atoms with van der Waals surface area (Å²) < 4.78 is 31.1. The fourth-order valence-electron chi connectivity index (χ4n) is 4.87. The highest BCUT2D eigenvalue weighted by molar-refractivity contribution is 7.88. The average molecular weight is 490 g/mol. The molecule has 5 rings (SSSR count). The molecule has 176 valence electrons. The summed E-state index contributed by atoms with van der Waals surface area (Å²) in [4.78, 5) is 16.7. The summed E-state index contributed by atoms with van der Waals surface area (Å²) in [6.07, 6.45) is 7.63. The molecule has 0 unspecified atom stereocenters. The van der Waals surface area contributed by atoms with E-state index >= 15 is 0 Å². The quantitative estimate of drug-likeness (QED) is 0.609. The molecule has 0 spiro atoms. The number of aromatic nitrogens is 3. The van der Waals surface area contributed by atoms with Gasteiger partial charge in [0.1, 0.15) is 11.0 Å². The number of pyridine rings is 1.